The van der Waals surface area contributed by atoms with Gasteiger partial charge in [-0.2, -0.15) is 0 Å². The Morgan fingerprint density at radius 3 is 2.63 bits per heavy atom. The van der Waals surface area contributed by atoms with Gasteiger partial charge in [-0.3, -0.25) is 13.6 Å². The molecule has 140 valence electrons. The van der Waals surface area contributed by atoms with Crippen LogP contribution in [0.2, 0.25) is 0 Å². The van der Waals surface area contributed by atoms with Gasteiger partial charge in [0, 0.05) is 34.8 Å². The van der Waals surface area contributed by atoms with Gasteiger partial charge < -0.3 is 4.74 Å². The number of ketones is 1. The third-order valence-electron chi connectivity index (χ3n) is 4.09. The monoisotopic (exact) mass is 402 g/mol. The number of Topliss-reactive ketones (excluding diaryl/α,β-unsaturated/α-hetero) is 1. The number of esters is 1. The van der Waals surface area contributed by atoms with Crippen molar-refractivity contribution in [3.63, 3.8) is 0 Å². The van der Waals surface area contributed by atoms with Crippen molar-refractivity contribution < 1.29 is 18.5 Å². The van der Waals surface area contributed by atoms with E-state index in [1.165, 1.54) is 23.7 Å². The van der Waals surface area contributed by atoms with Gasteiger partial charge in [0.1, 0.15) is 0 Å². The van der Waals surface area contributed by atoms with Gasteiger partial charge >= 0.3 is 5.97 Å². The van der Waals surface area contributed by atoms with E-state index in [2.05, 4.69) is 4.98 Å². The predicted octanol–water partition coefficient (Wildman–Crippen LogP) is 3.33. The van der Waals surface area contributed by atoms with E-state index >= 15 is 0 Å². The molecule has 0 saturated heterocycles. The summed E-state index contributed by atoms with van der Waals surface area (Å²) in [5, 5.41) is 2.65. The minimum Gasteiger partial charge on any atom is -0.454 e. The van der Waals surface area contributed by atoms with Crippen LogP contribution in [0.15, 0.2) is 46.8 Å². The van der Waals surface area contributed by atoms with Crippen molar-refractivity contribution in [2.24, 2.45) is 0 Å². The Kier molecular flexibility index (Phi) is 5.67. The van der Waals surface area contributed by atoms with Crippen molar-refractivity contribution in [3.8, 4) is 5.13 Å². The van der Waals surface area contributed by atoms with Crippen LogP contribution in [0.25, 0.3) is 5.13 Å². The zero-order chi connectivity index (χ0) is 19.6. The highest BCUT2D eigenvalue weighted by atomic mass is 32.2. The lowest BCUT2D eigenvalue weighted by molar-refractivity contribution is 0.0471. The lowest BCUT2D eigenvalue weighted by atomic mass is 10.1. The molecule has 6 nitrogen and oxygen atoms in total. The smallest absolute Gasteiger partial charge is 0.339 e. The Morgan fingerprint density at radius 2 is 1.96 bits per heavy atom. The standard InChI is InChI=1S/C19H18N2O4S2/c1-12-10-15(13(2)21(12)19-20-8-9-26-19)16(22)11-25-18(23)14-6-4-5-7-17(14)27(3)24/h4-10H,11H2,1-3H3/t27-/m0/s1. The molecular weight excluding hydrogens is 384 g/mol. The number of carbonyl (C=O) groups excluding carboxylic acids is 2. The number of thiazole rings is 1. The fourth-order valence-electron chi connectivity index (χ4n) is 2.84. The first-order chi connectivity index (χ1) is 12.9. The Balaban J connectivity index is 1.77. The molecule has 27 heavy (non-hydrogen) atoms. The van der Waals surface area contributed by atoms with E-state index in [9.17, 15) is 13.8 Å². The Labute approximate surface area is 163 Å². The number of nitrogens with zero attached hydrogens (tertiary/aromatic N) is 2. The number of benzene rings is 1. The summed E-state index contributed by atoms with van der Waals surface area (Å²) in [4.78, 5) is 29.6. The van der Waals surface area contributed by atoms with Crippen LogP contribution in [0.4, 0.5) is 0 Å². The van der Waals surface area contributed by atoms with Gasteiger partial charge in [0.15, 0.2) is 11.7 Å². The van der Waals surface area contributed by atoms with E-state index in [0.717, 1.165) is 16.5 Å². The number of ether oxygens (including phenoxy) is 1. The highest BCUT2D eigenvalue weighted by Gasteiger charge is 2.20. The minimum atomic E-state index is -1.33. The lowest BCUT2D eigenvalue weighted by Gasteiger charge is -2.08. The quantitative estimate of drug-likeness (QED) is 0.467. The molecule has 1 aromatic carbocycles. The molecule has 1 atom stereocenters. The number of hydrogen-bond donors (Lipinski definition) is 0. The second kappa shape index (κ2) is 7.98. The molecule has 0 unspecified atom stereocenters. The van der Waals surface area contributed by atoms with Crippen LogP contribution >= 0.6 is 11.3 Å². The van der Waals surface area contributed by atoms with E-state index in [1.807, 2.05) is 23.8 Å². The third-order valence-corrected chi connectivity index (χ3v) is 5.83. The molecule has 2 heterocycles. The minimum absolute atomic E-state index is 0.208. The Morgan fingerprint density at radius 1 is 1.22 bits per heavy atom. The summed E-state index contributed by atoms with van der Waals surface area (Å²) in [6, 6.07) is 8.28. The van der Waals surface area contributed by atoms with Gasteiger partial charge in [0.25, 0.3) is 0 Å². The van der Waals surface area contributed by atoms with Gasteiger partial charge in [-0.15, -0.1) is 11.3 Å². The van der Waals surface area contributed by atoms with Crippen LogP contribution < -0.4 is 0 Å². The second-order valence-electron chi connectivity index (χ2n) is 5.88. The molecule has 0 amide bonds. The number of carbonyl (C=O) groups is 2. The average molecular weight is 402 g/mol. The van der Waals surface area contributed by atoms with Gasteiger partial charge in [-0.1, -0.05) is 12.1 Å². The summed E-state index contributed by atoms with van der Waals surface area (Å²) in [6.07, 6.45) is 3.20. The first kappa shape index (κ1) is 19.2. The largest absolute Gasteiger partial charge is 0.454 e. The molecule has 2 aromatic heterocycles. The average Bonchev–Trinajstić information content (AvgIpc) is 3.27. The van der Waals surface area contributed by atoms with Crippen molar-refractivity contribution in [2.75, 3.05) is 12.9 Å². The maximum Gasteiger partial charge on any atom is 0.339 e. The molecular formula is C19H18N2O4S2. The van der Waals surface area contributed by atoms with Crippen molar-refractivity contribution in [3.05, 3.63) is 64.4 Å². The molecule has 8 heteroatoms. The summed E-state index contributed by atoms with van der Waals surface area (Å²) in [6.45, 7) is 3.34. The van der Waals surface area contributed by atoms with Crippen LogP contribution in [0.1, 0.15) is 32.1 Å². The number of rotatable bonds is 6. The first-order valence-electron chi connectivity index (χ1n) is 8.11. The lowest BCUT2D eigenvalue weighted by Crippen LogP contribution is -2.16. The second-order valence-corrected chi connectivity index (χ2v) is 8.11. The number of aryl methyl sites for hydroxylation is 1. The van der Waals surface area contributed by atoms with Gasteiger partial charge in [-0.25, -0.2) is 9.78 Å². The Bertz CT molecular complexity index is 1020. The maximum absolute atomic E-state index is 12.6. The molecule has 0 fully saturated rings. The normalized spacial score (nSPS) is 12.0. The van der Waals surface area contributed by atoms with Crippen LogP contribution in [0, 0.1) is 13.8 Å². The topological polar surface area (TPSA) is 78.3 Å². The molecule has 0 aliphatic carbocycles. The van der Waals surface area contributed by atoms with Gasteiger partial charge in [0.2, 0.25) is 5.78 Å². The molecule has 3 rings (SSSR count). The predicted molar refractivity (Wildman–Crippen MR) is 104 cm³/mol. The molecule has 0 bridgehead atoms. The van der Waals surface area contributed by atoms with Crippen molar-refractivity contribution in [1.82, 2.24) is 9.55 Å². The maximum atomic E-state index is 12.6. The highest BCUT2D eigenvalue weighted by molar-refractivity contribution is 7.84. The molecule has 0 N–H and O–H groups in total. The summed E-state index contributed by atoms with van der Waals surface area (Å²) < 4.78 is 18.8. The first-order valence-corrected chi connectivity index (χ1v) is 10.6. The SMILES string of the molecule is Cc1cc(C(=O)COC(=O)c2ccccc2[S@](C)=O)c(C)n1-c1nccs1. The highest BCUT2D eigenvalue weighted by Crippen LogP contribution is 2.23. The molecule has 0 aliphatic heterocycles. The molecule has 0 spiro atoms. The number of hydrogen-bond acceptors (Lipinski definition) is 6. The fourth-order valence-corrected chi connectivity index (χ4v) is 4.32. The summed E-state index contributed by atoms with van der Waals surface area (Å²) in [7, 11) is -1.33. The van der Waals surface area contributed by atoms with E-state index in [4.69, 9.17) is 4.74 Å². The van der Waals surface area contributed by atoms with Crippen LogP contribution in [-0.4, -0.2) is 38.4 Å². The van der Waals surface area contributed by atoms with Crippen molar-refractivity contribution in [2.45, 2.75) is 18.7 Å². The summed E-state index contributed by atoms with van der Waals surface area (Å²) in [5.74, 6) is -0.961. The molecule has 3 aromatic rings. The van der Waals surface area contributed by atoms with E-state index in [0.29, 0.717) is 10.5 Å². The molecule has 0 saturated carbocycles. The summed E-state index contributed by atoms with van der Waals surface area (Å²) in [5.41, 5.74) is 2.32. The van der Waals surface area contributed by atoms with E-state index in [1.54, 1.807) is 30.5 Å². The van der Waals surface area contributed by atoms with Gasteiger partial charge in [-0.05, 0) is 32.0 Å². The van der Waals surface area contributed by atoms with Gasteiger partial charge in [0.05, 0.1) is 21.3 Å². The van der Waals surface area contributed by atoms with Crippen LogP contribution in [-0.2, 0) is 15.5 Å². The zero-order valence-corrected chi connectivity index (χ0v) is 16.7. The van der Waals surface area contributed by atoms with Crippen molar-refractivity contribution in [1.29, 1.82) is 0 Å². The zero-order valence-electron chi connectivity index (χ0n) is 15.1. The van der Waals surface area contributed by atoms with E-state index < -0.39 is 16.8 Å². The van der Waals surface area contributed by atoms with Crippen molar-refractivity contribution >= 4 is 33.9 Å². The third kappa shape index (κ3) is 3.91. The summed E-state index contributed by atoms with van der Waals surface area (Å²) >= 11 is 1.48. The fraction of sp³-hybridized carbons (Fsp3) is 0.211. The van der Waals surface area contributed by atoms with Crippen LogP contribution in [0.5, 0.6) is 0 Å². The Hall–Kier alpha value is -2.58. The molecule has 0 radical (unpaired) electrons. The van der Waals surface area contributed by atoms with Crippen LogP contribution in [0.3, 0.4) is 0 Å². The molecule has 0 aliphatic rings. The number of aromatic nitrogens is 2. The van der Waals surface area contributed by atoms with E-state index in [-0.39, 0.29) is 18.0 Å².